The van der Waals surface area contributed by atoms with Gasteiger partial charge in [0.15, 0.2) is 0 Å². The Morgan fingerprint density at radius 1 is 1.10 bits per heavy atom. The molecule has 0 fully saturated rings. The second-order valence-corrected chi connectivity index (χ2v) is 6.22. The van der Waals surface area contributed by atoms with Gasteiger partial charge in [0.05, 0.1) is 37.6 Å². The Balaban J connectivity index is 1.80. The zero-order valence-electron chi connectivity index (χ0n) is 16.8. The van der Waals surface area contributed by atoms with Gasteiger partial charge in [0.1, 0.15) is 18.1 Å². The first-order valence-electron chi connectivity index (χ1n) is 9.34. The number of hydrogen-bond donors (Lipinski definition) is 2. The zero-order valence-corrected chi connectivity index (χ0v) is 16.8. The first kappa shape index (κ1) is 22.1. The number of esters is 2. The van der Waals surface area contributed by atoms with E-state index in [4.69, 9.17) is 18.9 Å². The lowest BCUT2D eigenvalue weighted by Gasteiger charge is -2.26. The van der Waals surface area contributed by atoms with E-state index >= 15 is 0 Å². The lowest BCUT2D eigenvalue weighted by molar-refractivity contribution is -0.144. The first-order chi connectivity index (χ1) is 13.9. The van der Waals surface area contributed by atoms with Gasteiger partial charge in [0, 0.05) is 6.42 Å². The third kappa shape index (κ3) is 6.70. The minimum Gasteiger partial charge on any atom is -0.497 e. The molecule has 1 aliphatic rings. The maximum absolute atomic E-state index is 12.1. The second-order valence-electron chi connectivity index (χ2n) is 6.22. The van der Waals surface area contributed by atoms with Gasteiger partial charge < -0.3 is 29.6 Å². The average Bonchev–Trinajstić information content (AvgIpc) is 2.69. The molecule has 0 spiro atoms. The van der Waals surface area contributed by atoms with Crippen molar-refractivity contribution < 1.29 is 33.3 Å². The highest BCUT2D eigenvalue weighted by Crippen LogP contribution is 2.17. The number of rotatable bonds is 10. The largest absolute Gasteiger partial charge is 0.497 e. The van der Waals surface area contributed by atoms with Gasteiger partial charge in [0.25, 0.3) is 0 Å². The molecular formula is C20H26N2O7. The van der Waals surface area contributed by atoms with Gasteiger partial charge >= 0.3 is 18.0 Å². The fraction of sp³-hybridized carbons (Fsp3) is 0.450. The Kier molecular flexibility index (Phi) is 8.32. The SMILES string of the molecule is CCOC(=O)C1=C(COC(=O)CCCOc2ccc(OC)cc2)NC(=O)N[C@H]1C. The number of urea groups is 1. The highest BCUT2D eigenvalue weighted by molar-refractivity contribution is 5.94. The lowest BCUT2D eigenvalue weighted by Crippen LogP contribution is -2.50. The molecule has 1 aromatic rings. The average molecular weight is 406 g/mol. The number of hydrogen-bond acceptors (Lipinski definition) is 7. The summed E-state index contributed by atoms with van der Waals surface area (Å²) in [5.41, 5.74) is 0.463. The van der Waals surface area contributed by atoms with Gasteiger partial charge in [-0.25, -0.2) is 9.59 Å². The number of amides is 2. The first-order valence-corrected chi connectivity index (χ1v) is 9.34. The Morgan fingerprint density at radius 2 is 1.79 bits per heavy atom. The van der Waals surface area contributed by atoms with Crippen LogP contribution in [0.1, 0.15) is 26.7 Å². The van der Waals surface area contributed by atoms with Crippen LogP contribution in [0.15, 0.2) is 35.5 Å². The molecule has 1 aromatic carbocycles. The lowest BCUT2D eigenvalue weighted by atomic mass is 10.0. The summed E-state index contributed by atoms with van der Waals surface area (Å²) < 4.78 is 20.8. The molecule has 158 valence electrons. The van der Waals surface area contributed by atoms with Crippen molar-refractivity contribution >= 4 is 18.0 Å². The number of benzene rings is 1. The van der Waals surface area contributed by atoms with Crippen LogP contribution in [0.4, 0.5) is 4.79 Å². The van der Waals surface area contributed by atoms with Crippen LogP contribution in [0, 0.1) is 0 Å². The molecule has 0 saturated carbocycles. The zero-order chi connectivity index (χ0) is 21.2. The van der Waals surface area contributed by atoms with Crippen molar-refractivity contribution in [2.24, 2.45) is 0 Å². The number of carbonyl (C=O) groups excluding carboxylic acids is 3. The molecule has 29 heavy (non-hydrogen) atoms. The maximum Gasteiger partial charge on any atom is 0.338 e. The molecule has 0 bridgehead atoms. The summed E-state index contributed by atoms with van der Waals surface area (Å²) in [4.78, 5) is 35.8. The van der Waals surface area contributed by atoms with Gasteiger partial charge in [-0.3, -0.25) is 4.79 Å². The van der Waals surface area contributed by atoms with E-state index in [0.717, 1.165) is 5.75 Å². The van der Waals surface area contributed by atoms with Gasteiger partial charge in [-0.1, -0.05) is 0 Å². The molecule has 1 atom stereocenters. The Hall–Kier alpha value is -3.23. The van der Waals surface area contributed by atoms with Gasteiger partial charge in [-0.05, 0) is 44.5 Å². The molecule has 0 saturated heterocycles. The molecule has 9 heteroatoms. The molecule has 9 nitrogen and oxygen atoms in total. The van der Waals surface area contributed by atoms with Crippen molar-refractivity contribution in [1.82, 2.24) is 10.6 Å². The predicted octanol–water partition coefficient (Wildman–Crippen LogP) is 1.92. The maximum atomic E-state index is 12.1. The van der Waals surface area contributed by atoms with E-state index in [1.165, 1.54) is 0 Å². The second kappa shape index (κ2) is 10.9. The quantitative estimate of drug-likeness (QED) is 0.451. The van der Waals surface area contributed by atoms with Crippen LogP contribution in [0.5, 0.6) is 11.5 Å². The summed E-state index contributed by atoms with van der Waals surface area (Å²) >= 11 is 0. The minimum absolute atomic E-state index is 0.139. The van der Waals surface area contributed by atoms with Crippen LogP contribution in [0.3, 0.4) is 0 Å². The van der Waals surface area contributed by atoms with E-state index in [1.807, 2.05) is 0 Å². The minimum atomic E-state index is -0.563. The van der Waals surface area contributed by atoms with E-state index in [9.17, 15) is 14.4 Å². The van der Waals surface area contributed by atoms with E-state index < -0.39 is 24.0 Å². The Bertz CT molecular complexity index is 759. The van der Waals surface area contributed by atoms with Crippen LogP contribution >= 0.6 is 0 Å². The normalized spacial score (nSPS) is 15.8. The van der Waals surface area contributed by atoms with E-state index in [2.05, 4.69) is 10.6 Å². The molecule has 2 rings (SSSR count). The predicted molar refractivity (Wildman–Crippen MR) is 103 cm³/mol. The van der Waals surface area contributed by atoms with Crippen LogP contribution in [0.2, 0.25) is 0 Å². The smallest absolute Gasteiger partial charge is 0.338 e. The molecular weight excluding hydrogens is 380 g/mol. The van der Waals surface area contributed by atoms with Crippen LogP contribution in [-0.4, -0.2) is 50.9 Å². The molecule has 2 N–H and O–H groups in total. The molecule has 0 radical (unpaired) electrons. The monoisotopic (exact) mass is 406 g/mol. The van der Waals surface area contributed by atoms with Crippen LogP contribution < -0.4 is 20.1 Å². The van der Waals surface area contributed by atoms with E-state index in [1.54, 1.807) is 45.2 Å². The summed E-state index contributed by atoms with van der Waals surface area (Å²) in [6.45, 7) is 3.67. The number of nitrogens with one attached hydrogen (secondary N) is 2. The highest BCUT2D eigenvalue weighted by Gasteiger charge is 2.30. The van der Waals surface area contributed by atoms with Crippen molar-refractivity contribution in [3.8, 4) is 11.5 Å². The molecule has 0 aliphatic carbocycles. The standard InChI is InChI=1S/C20H26N2O7/c1-4-27-19(24)18-13(2)21-20(25)22-16(18)12-29-17(23)6-5-11-28-15-9-7-14(26-3)8-10-15/h7-10,13H,4-6,11-12H2,1-3H3,(H2,21,22,25)/t13-/m0/s1. The summed E-state index contributed by atoms with van der Waals surface area (Å²) in [6, 6.07) is 6.11. The summed E-state index contributed by atoms with van der Waals surface area (Å²) in [5, 5.41) is 5.08. The van der Waals surface area contributed by atoms with Crippen molar-refractivity contribution in [3.05, 3.63) is 35.5 Å². The number of carbonyl (C=O) groups is 3. The summed E-state index contributed by atoms with van der Waals surface area (Å²) in [7, 11) is 1.59. The molecule has 1 heterocycles. The fourth-order valence-corrected chi connectivity index (χ4v) is 2.70. The van der Waals surface area contributed by atoms with Crippen LogP contribution in [0.25, 0.3) is 0 Å². The van der Waals surface area contributed by atoms with Gasteiger partial charge in [0.2, 0.25) is 0 Å². The van der Waals surface area contributed by atoms with E-state index in [0.29, 0.717) is 18.8 Å². The van der Waals surface area contributed by atoms with Crippen molar-refractivity contribution in [3.63, 3.8) is 0 Å². The van der Waals surface area contributed by atoms with Crippen molar-refractivity contribution in [2.45, 2.75) is 32.7 Å². The number of methoxy groups -OCH3 is 1. The third-order valence-electron chi connectivity index (χ3n) is 4.10. The van der Waals surface area contributed by atoms with Crippen molar-refractivity contribution in [1.29, 1.82) is 0 Å². The van der Waals surface area contributed by atoms with Crippen LogP contribution in [-0.2, 0) is 19.1 Å². The Morgan fingerprint density at radius 3 is 2.45 bits per heavy atom. The van der Waals surface area contributed by atoms with Crippen molar-refractivity contribution in [2.75, 3.05) is 26.9 Å². The number of ether oxygens (including phenoxy) is 4. The summed E-state index contributed by atoms with van der Waals surface area (Å²) in [5.74, 6) is 0.387. The van der Waals surface area contributed by atoms with E-state index in [-0.39, 0.29) is 30.9 Å². The van der Waals surface area contributed by atoms with Gasteiger partial charge in [-0.2, -0.15) is 0 Å². The molecule has 2 amide bonds. The fourth-order valence-electron chi connectivity index (χ4n) is 2.70. The highest BCUT2D eigenvalue weighted by atomic mass is 16.5. The topological polar surface area (TPSA) is 112 Å². The Labute approximate surface area is 169 Å². The molecule has 0 unspecified atom stereocenters. The third-order valence-corrected chi connectivity index (χ3v) is 4.10. The summed E-state index contributed by atoms with van der Waals surface area (Å²) in [6.07, 6.45) is 0.596. The van der Waals surface area contributed by atoms with Gasteiger partial charge in [-0.15, -0.1) is 0 Å². The molecule has 0 aromatic heterocycles. The molecule has 1 aliphatic heterocycles.